The van der Waals surface area contributed by atoms with Crippen molar-refractivity contribution < 1.29 is 13.2 Å². The predicted octanol–water partition coefficient (Wildman–Crippen LogP) is 4.35. The van der Waals surface area contributed by atoms with Crippen LogP contribution in [-0.2, 0) is 6.18 Å². The molecule has 3 aromatic rings. The Morgan fingerprint density at radius 3 is 2.46 bits per heavy atom. The minimum atomic E-state index is -4.40. The van der Waals surface area contributed by atoms with Crippen LogP contribution in [0.1, 0.15) is 22.5 Å². The summed E-state index contributed by atoms with van der Waals surface area (Å²) in [6.07, 6.45) is 1.42. The molecule has 0 atom stereocenters. The van der Waals surface area contributed by atoms with Gasteiger partial charge in [-0.1, -0.05) is 0 Å². The zero-order valence-corrected chi connectivity index (χ0v) is 14.1. The van der Waals surface area contributed by atoms with E-state index in [0.717, 1.165) is 34.9 Å². The van der Waals surface area contributed by atoms with Gasteiger partial charge in [-0.15, -0.1) is 0 Å². The fourth-order valence-electron chi connectivity index (χ4n) is 2.60. The van der Waals surface area contributed by atoms with Gasteiger partial charge in [0.25, 0.3) is 0 Å². The van der Waals surface area contributed by atoms with Crippen LogP contribution in [0.15, 0.2) is 54.0 Å². The van der Waals surface area contributed by atoms with Crippen molar-refractivity contribution in [2.75, 3.05) is 5.43 Å². The predicted molar refractivity (Wildman–Crippen MR) is 93.5 cm³/mol. The van der Waals surface area contributed by atoms with E-state index in [1.165, 1.54) is 6.07 Å². The first-order valence-corrected chi connectivity index (χ1v) is 7.78. The van der Waals surface area contributed by atoms with E-state index >= 15 is 0 Å². The van der Waals surface area contributed by atoms with Crippen LogP contribution in [0.4, 0.5) is 19.0 Å². The Labute approximate surface area is 148 Å². The molecule has 0 saturated heterocycles. The average molecular weight is 359 g/mol. The maximum Gasteiger partial charge on any atom is 0.417 e. The lowest BCUT2D eigenvalue weighted by atomic mass is 10.2. The third kappa shape index (κ3) is 3.74. The Bertz CT molecular complexity index is 912. The van der Waals surface area contributed by atoms with E-state index in [4.69, 9.17) is 0 Å². The molecule has 5 nitrogen and oxygen atoms in total. The summed E-state index contributed by atoms with van der Waals surface area (Å²) in [7, 11) is 0. The summed E-state index contributed by atoms with van der Waals surface area (Å²) < 4.78 is 39.6. The molecule has 0 radical (unpaired) electrons. The molecule has 1 N–H and O–H groups in total. The van der Waals surface area contributed by atoms with Crippen molar-refractivity contribution in [3.8, 4) is 5.69 Å². The van der Waals surface area contributed by atoms with E-state index < -0.39 is 11.7 Å². The van der Waals surface area contributed by atoms with Gasteiger partial charge < -0.3 is 4.57 Å². The molecular weight excluding hydrogens is 343 g/mol. The van der Waals surface area contributed by atoms with E-state index in [1.54, 1.807) is 18.6 Å². The molecule has 0 saturated carbocycles. The highest BCUT2D eigenvalue weighted by Gasteiger charge is 2.30. The smallest absolute Gasteiger partial charge is 0.318 e. The Balaban J connectivity index is 1.75. The van der Waals surface area contributed by atoms with Gasteiger partial charge in [0.2, 0.25) is 0 Å². The van der Waals surface area contributed by atoms with Gasteiger partial charge in [-0.05, 0) is 44.2 Å². The number of pyridine rings is 2. The summed E-state index contributed by atoms with van der Waals surface area (Å²) in [5.41, 5.74) is 5.74. The SMILES string of the molecule is Cc1cc(/C=N\Nc2ccc(C(F)(F)F)cn2)c(C)n1-c1ccncc1. The number of hydrogen-bond acceptors (Lipinski definition) is 4. The number of hydrazone groups is 1. The van der Waals surface area contributed by atoms with E-state index in [-0.39, 0.29) is 5.82 Å². The number of alkyl halides is 3. The largest absolute Gasteiger partial charge is 0.417 e. The van der Waals surface area contributed by atoms with Crippen LogP contribution in [0, 0.1) is 13.8 Å². The number of aryl methyl sites for hydroxylation is 1. The lowest BCUT2D eigenvalue weighted by Gasteiger charge is -2.08. The first-order valence-electron chi connectivity index (χ1n) is 7.78. The molecule has 3 rings (SSSR count). The molecule has 26 heavy (non-hydrogen) atoms. The number of anilines is 1. The normalized spacial score (nSPS) is 11.9. The number of nitrogens with zero attached hydrogens (tertiary/aromatic N) is 4. The van der Waals surface area contributed by atoms with Crippen molar-refractivity contribution in [1.82, 2.24) is 14.5 Å². The molecular formula is C18H16F3N5. The maximum atomic E-state index is 12.5. The van der Waals surface area contributed by atoms with E-state index in [2.05, 4.69) is 25.1 Å². The van der Waals surface area contributed by atoms with Crippen LogP contribution in [0.25, 0.3) is 5.69 Å². The molecule has 3 aromatic heterocycles. The molecule has 0 unspecified atom stereocenters. The first-order chi connectivity index (χ1) is 12.4. The average Bonchev–Trinajstić information content (AvgIpc) is 2.89. The van der Waals surface area contributed by atoms with Gasteiger partial charge in [0.15, 0.2) is 0 Å². The zero-order valence-electron chi connectivity index (χ0n) is 14.1. The Hall–Kier alpha value is -3.16. The summed E-state index contributed by atoms with van der Waals surface area (Å²) in [5.74, 6) is 0.234. The molecule has 134 valence electrons. The van der Waals surface area contributed by atoms with E-state index in [0.29, 0.717) is 0 Å². The fourth-order valence-corrected chi connectivity index (χ4v) is 2.60. The lowest BCUT2D eigenvalue weighted by molar-refractivity contribution is -0.137. The quantitative estimate of drug-likeness (QED) is 0.557. The molecule has 0 amide bonds. The Morgan fingerprint density at radius 2 is 1.85 bits per heavy atom. The summed E-state index contributed by atoms with van der Waals surface area (Å²) >= 11 is 0. The number of rotatable bonds is 4. The van der Waals surface area contributed by atoms with E-state index in [1.807, 2.05) is 32.0 Å². The molecule has 0 bridgehead atoms. The standard InChI is InChI=1S/C18H16F3N5/c1-12-9-14(13(2)26(12)16-5-7-22-8-6-16)10-24-25-17-4-3-15(11-23-17)18(19,20)21/h3-11H,1-2H3,(H,23,25)/b24-10-. The van der Waals surface area contributed by atoms with E-state index in [9.17, 15) is 13.2 Å². The van der Waals surface area contributed by atoms with Crippen molar-refractivity contribution in [3.05, 3.63) is 71.4 Å². The van der Waals surface area contributed by atoms with Crippen LogP contribution >= 0.6 is 0 Å². The topological polar surface area (TPSA) is 55.1 Å². The summed E-state index contributed by atoms with van der Waals surface area (Å²) in [4.78, 5) is 7.73. The minimum Gasteiger partial charge on any atom is -0.318 e. The number of nitrogens with one attached hydrogen (secondary N) is 1. The third-order valence-corrected chi connectivity index (χ3v) is 3.86. The van der Waals surface area contributed by atoms with Gasteiger partial charge in [-0.2, -0.15) is 18.3 Å². The lowest BCUT2D eigenvalue weighted by Crippen LogP contribution is -2.05. The van der Waals surface area contributed by atoms with Gasteiger partial charge in [0, 0.05) is 41.2 Å². The number of aromatic nitrogens is 3. The van der Waals surface area contributed by atoms with Crippen molar-refractivity contribution in [1.29, 1.82) is 0 Å². The van der Waals surface area contributed by atoms with Gasteiger partial charge in [-0.3, -0.25) is 10.4 Å². The number of halogens is 3. The van der Waals surface area contributed by atoms with Crippen LogP contribution in [0.5, 0.6) is 0 Å². The Kier molecular flexibility index (Phi) is 4.75. The maximum absolute atomic E-state index is 12.5. The van der Waals surface area contributed by atoms with Gasteiger partial charge in [0.05, 0.1) is 11.8 Å². The Morgan fingerprint density at radius 1 is 1.12 bits per heavy atom. The summed E-state index contributed by atoms with van der Waals surface area (Å²) in [5, 5.41) is 4.07. The van der Waals surface area contributed by atoms with Crippen LogP contribution in [0.3, 0.4) is 0 Å². The molecule has 0 spiro atoms. The second kappa shape index (κ2) is 6.99. The van der Waals surface area contributed by atoms with Crippen molar-refractivity contribution in [2.24, 2.45) is 5.10 Å². The molecule has 8 heteroatoms. The first kappa shape index (κ1) is 17.7. The van der Waals surface area contributed by atoms with Crippen LogP contribution < -0.4 is 5.43 Å². The molecule has 0 fully saturated rings. The summed E-state index contributed by atoms with van der Waals surface area (Å²) in [6.45, 7) is 3.95. The fraction of sp³-hybridized carbons (Fsp3) is 0.167. The second-order valence-electron chi connectivity index (χ2n) is 5.67. The van der Waals surface area contributed by atoms with Gasteiger partial charge in [-0.25, -0.2) is 4.98 Å². The van der Waals surface area contributed by atoms with Crippen molar-refractivity contribution in [2.45, 2.75) is 20.0 Å². The second-order valence-corrected chi connectivity index (χ2v) is 5.67. The minimum absolute atomic E-state index is 0.234. The zero-order chi connectivity index (χ0) is 18.7. The van der Waals surface area contributed by atoms with Gasteiger partial charge in [0.1, 0.15) is 5.82 Å². The number of hydrogen-bond donors (Lipinski definition) is 1. The highest BCUT2D eigenvalue weighted by Crippen LogP contribution is 2.28. The molecule has 0 aliphatic heterocycles. The highest BCUT2D eigenvalue weighted by atomic mass is 19.4. The molecule has 0 aliphatic rings. The van der Waals surface area contributed by atoms with Crippen molar-refractivity contribution >= 4 is 12.0 Å². The third-order valence-electron chi connectivity index (χ3n) is 3.86. The molecule has 0 aromatic carbocycles. The summed E-state index contributed by atoms with van der Waals surface area (Å²) in [6, 6.07) is 7.98. The van der Waals surface area contributed by atoms with Crippen LogP contribution in [-0.4, -0.2) is 20.7 Å². The van der Waals surface area contributed by atoms with Crippen LogP contribution in [0.2, 0.25) is 0 Å². The molecule has 0 aliphatic carbocycles. The van der Waals surface area contributed by atoms with Crippen molar-refractivity contribution in [3.63, 3.8) is 0 Å². The molecule has 3 heterocycles. The monoisotopic (exact) mass is 359 g/mol. The van der Waals surface area contributed by atoms with Gasteiger partial charge >= 0.3 is 6.18 Å². The highest BCUT2D eigenvalue weighted by molar-refractivity contribution is 5.82.